The van der Waals surface area contributed by atoms with Crippen molar-refractivity contribution in [1.29, 1.82) is 0 Å². The van der Waals surface area contributed by atoms with Gasteiger partial charge in [0.05, 0.1) is 30.2 Å². The number of carbonyl (C=O) groups excluding carboxylic acids is 2. The third-order valence-electron chi connectivity index (χ3n) is 10.5. The highest BCUT2D eigenvalue weighted by Crippen LogP contribution is 2.51. The number of likely N-dealkylation sites (tertiary alicyclic amines) is 1. The molecule has 0 bridgehead atoms. The van der Waals surface area contributed by atoms with E-state index in [-0.39, 0.29) is 29.5 Å². The minimum absolute atomic E-state index is 0.0173. The quantitative estimate of drug-likeness (QED) is 0.180. The maximum Gasteiger partial charge on any atom is 0.455 e. The van der Waals surface area contributed by atoms with E-state index in [9.17, 15) is 19.7 Å². The maximum atomic E-state index is 14.1. The number of imide groups is 1. The highest BCUT2D eigenvalue weighted by atomic mass is 16.5. The van der Waals surface area contributed by atoms with Crippen LogP contribution in [-0.2, 0) is 19.0 Å². The Morgan fingerprint density at radius 1 is 1.02 bits per heavy atom. The molecule has 0 unspecified atom stereocenters. The van der Waals surface area contributed by atoms with Gasteiger partial charge in [-0.2, -0.15) is 0 Å². The average molecular weight is 621 g/mol. The molecule has 4 aliphatic rings. The number of aromatic nitrogens is 1. The Kier molecular flexibility index (Phi) is 8.81. The van der Waals surface area contributed by atoms with Crippen LogP contribution in [0.25, 0.3) is 22.4 Å². The van der Waals surface area contributed by atoms with Crippen LogP contribution in [0.3, 0.4) is 0 Å². The third kappa shape index (κ3) is 5.69. The van der Waals surface area contributed by atoms with Gasteiger partial charge in [-0.15, -0.1) is 0 Å². The predicted octanol–water partition coefficient (Wildman–Crippen LogP) is 6.04. The lowest BCUT2D eigenvalue weighted by Crippen LogP contribution is -2.47. The molecule has 1 saturated carbocycles. The summed E-state index contributed by atoms with van der Waals surface area (Å²) >= 11 is 0. The second-order valence-corrected chi connectivity index (χ2v) is 13.2. The first-order chi connectivity index (χ1) is 22.4. The van der Waals surface area contributed by atoms with Crippen molar-refractivity contribution in [3.8, 4) is 5.75 Å². The molecule has 7 rings (SSSR count). The van der Waals surface area contributed by atoms with Gasteiger partial charge in [-0.3, -0.25) is 19.5 Å². The number of benzene rings is 2. The zero-order valence-electron chi connectivity index (χ0n) is 26.3. The molecule has 2 saturated heterocycles. The number of aromatic hydroxyl groups is 1. The fourth-order valence-corrected chi connectivity index (χ4v) is 8.53. The number of pyridine rings is 1. The number of ether oxygens (including phenoxy) is 1. The number of phenols is 1. The van der Waals surface area contributed by atoms with Crippen LogP contribution in [0.4, 0.5) is 0 Å². The van der Waals surface area contributed by atoms with Crippen LogP contribution >= 0.6 is 0 Å². The zero-order chi connectivity index (χ0) is 31.8. The predicted molar refractivity (Wildman–Crippen MR) is 177 cm³/mol. The number of carbonyl (C=O) groups is 2. The van der Waals surface area contributed by atoms with Crippen LogP contribution in [0.2, 0.25) is 6.32 Å². The molecule has 4 atom stereocenters. The largest absolute Gasteiger partial charge is 0.507 e. The molecule has 2 aliphatic heterocycles. The summed E-state index contributed by atoms with van der Waals surface area (Å²) in [5, 5.41) is 23.2. The minimum Gasteiger partial charge on any atom is -0.507 e. The third-order valence-corrected chi connectivity index (χ3v) is 10.5. The Morgan fingerprint density at radius 3 is 2.57 bits per heavy atom. The number of methoxy groups -OCH3 is 1. The molecule has 3 fully saturated rings. The van der Waals surface area contributed by atoms with Gasteiger partial charge < -0.3 is 19.5 Å². The van der Waals surface area contributed by atoms with Crippen molar-refractivity contribution >= 4 is 41.4 Å². The highest BCUT2D eigenvalue weighted by molar-refractivity contribution is 6.43. The molecule has 46 heavy (non-hydrogen) atoms. The molecular weight excluding hydrogens is 579 g/mol. The lowest BCUT2D eigenvalue weighted by Gasteiger charge is -2.43. The Morgan fingerprint density at radius 2 is 1.80 bits per heavy atom. The maximum absolute atomic E-state index is 14.1. The van der Waals surface area contributed by atoms with E-state index in [1.54, 1.807) is 24.3 Å². The molecule has 1 aromatic heterocycles. The summed E-state index contributed by atoms with van der Waals surface area (Å²) in [6.45, 7) is 0.359. The van der Waals surface area contributed by atoms with E-state index in [4.69, 9.17) is 9.39 Å². The fraction of sp³-hybridized carbons (Fsp3) is 0.432. The number of nitrogens with zero attached hydrogens (tertiary/aromatic N) is 2. The topological polar surface area (TPSA) is 109 Å². The van der Waals surface area contributed by atoms with Crippen molar-refractivity contribution in [1.82, 2.24) is 9.88 Å². The molecule has 238 valence electrons. The number of allylic oxidation sites excluding steroid dienone is 1. The lowest BCUT2D eigenvalue weighted by molar-refractivity contribution is -0.143. The highest BCUT2D eigenvalue weighted by Gasteiger charge is 2.58. The van der Waals surface area contributed by atoms with Crippen LogP contribution in [0.5, 0.6) is 5.75 Å². The average Bonchev–Trinajstić information content (AvgIpc) is 3.33. The number of amides is 2. The van der Waals surface area contributed by atoms with E-state index >= 15 is 0 Å². The molecule has 2 aliphatic carbocycles. The summed E-state index contributed by atoms with van der Waals surface area (Å²) in [6, 6.07) is 17.2. The summed E-state index contributed by atoms with van der Waals surface area (Å²) in [6.07, 6.45) is 10.4. The number of rotatable bonds is 8. The molecule has 2 amide bonds. The van der Waals surface area contributed by atoms with Crippen molar-refractivity contribution in [2.24, 2.45) is 17.8 Å². The molecule has 0 spiro atoms. The summed E-state index contributed by atoms with van der Waals surface area (Å²) in [5.41, 5.74) is 4.84. The van der Waals surface area contributed by atoms with Gasteiger partial charge in [0, 0.05) is 24.7 Å². The number of fused-ring (bicyclic) bond motifs is 4. The number of phenolic OH excluding ortho intramolecular Hbond substituents is 1. The van der Waals surface area contributed by atoms with Gasteiger partial charge in [0.2, 0.25) is 11.8 Å². The first-order valence-corrected chi connectivity index (χ1v) is 16.7. The van der Waals surface area contributed by atoms with E-state index in [1.807, 2.05) is 48.5 Å². The van der Waals surface area contributed by atoms with E-state index < -0.39 is 25.1 Å². The van der Waals surface area contributed by atoms with Crippen LogP contribution in [0.1, 0.15) is 62.6 Å². The first kappa shape index (κ1) is 30.8. The van der Waals surface area contributed by atoms with Crippen molar-refractivity contribution < 1.29 is 29.1 Å². The van der Waals surface area contributed by atoms with E-state index in [0.29, 0.717) is 32.2 Å². The molecule has 9 heteroatoms. The lowest BCUT2D eigenvalue weighted by atomic mass is 9.58. The number of hydrogen-bond donors (Lipinski definition) is 2. The molecule has 0 radical (unpaired) electrons. The van der Waals surface area contributed by atoms with E-state index in [2.05, 4.69) is 11.1 Å². The van der Waals surface area contributed by atoms with E-state index in [1.165, 1.54) is 0 Å². The van der Waals surface area contributed by atoms with Gasteiger partial charge in [-0.1, -0.05) is 55.7 Å². The first-order valence-electron chi connectivity index (χ1n) is 16.7. The zero-order valence-corrected chi connectivity index (χ0v) is 26.3. The molecule has 2 aromatic carbocycles. The van der Waals surface area contributed by atoms with Gasteiger partial charge in [0.25, 0.3) is 0 Å². The Hall–Kier alpha value is -3.79. The van der Waals surface area contributed by atoms with Gasteiger partial charge in [0.1, 0.15) is 5.75 Å². The Labute approximate surface area is 270 Å². The van der Waals surface area contributed by atoms with Gasteiger partial charge in [0.15, 0.2) is 0 Å². The summed E-state index contributed by atoms with van der Waals surface area (Å²) in [5.74, 6) is -1.04. The summed E-state index contributed by atoms with van der Waals surface area (Å²) in [7, 11) is 0.624. The van der Waals surface area contributed by atoms with Gasteiger partial charge in [-0.05, 0) is 96.3 Å². The molecular formula is C37H41BN2O6. The van der Waals surface area contributed by atoms with Crippen LogP contribution in [-0.4, -0.2) is 64.8 Å². The molecule has 2 N–H and O–H groups in total. The smallest absolute Gasteiger partial charge is 0.455 e. The molecule has 3 aromatic rings. The fourth-order valence-electron chi connectivity index (χ4n) is 8.53. The van der Waals surface area contributed by atoms with Crippen molar-refractivity contribution in [3.05, 3.63) is 83.2 Å². The monoisotopic (exact) mass is 620 g/mol. The second-order valence-electron chi connectivity index (χ2n) is 13.2. The van der Waals surface area contributed by atoms with Crippen LogP contribution in [0.15, 0.2) is 71.9 Å². The minimum atomic E-state index is -1.03. The van der Waals surface area contributed by atoms with Gasteiger partial charge in [-0.25, -0.2) is 0 Å². The summed E-state index contributed by atoms with van der Waals surface area (Å²) < 4.78 is 11.9. The molecule has 8 nitrogen and oxygen atoms in total. The second kappa shape index (κ2) is 13.1. The SMILES string of the molecule is COCC1=C2[C@@H](CC/C(=C/c3ccc(O)c4ccccc34)c3ccccn3)OB(O)C[C@@H]2[C@@H]2C(=O)N(C3CCCCC3)C(=O)[C@@H]2C1. The standard InChI is InChI=1S/C37H41BN2O6/c1-45-22-25-20-29-35(37(43)40(36(29)42)26-9-3-2-4-10-26)30-21-38(44)46-33(34(25)30)17-15-24(31-13-7-8-18-39-31)19-23-14-16-32(41)28-12-6-5-11-27(23)28/h5-8,11-14,16,18-19,26,29-30,33,35,41,44H,2-4,9-10,15,17,20-22H2,1H3/b24-19-/t29-,30+,33-,35-/m1/s1. The number of hydrogen-bond acceptors (Lipinski definition) is 7. The van der Waals surface area contributed by atoms with Crippen molar-refractivity contribution in [3.63, 3.8) is 0 Å². The molecule has 3 heterocycles. The normalized spacial score (nSPS) is 25.7. The van der Waals surface area contributed by atoms with Crippen molar-refractivity contribution in [2.75, 3.05) is 13.7 Å². The van der Waals surface area contributed by atoms with Gasteiger partial charge >= 0.3 is 7.12 Å². The van der Waals surface area contributed by atoms with Crippen molar-refractivity contribution in [2.45, 2.75) is 69.8 Å². The Balaban J connectivity index is 1.22. The van der Waals surface area contributed by atoms with E-state index in [0.717, 1.165) is 70.9 Å². The van der Waals surface area contributed by atoms with Crippen LogP contribution < -0.4 is 0 Å². The summed E-state index contributed by atoms with van der Waals surface area (Å²) in [4.78, 5) is 34.1. The Bertz CT molecular complexity index is 1680. The van der Waals surface area contributed by atoms with Crippen LogP contribution in [0, 0.1) is 17.8 Å².